The van der Waals surface area contributed by atoms with Gasteiger partial charge in [-0.3, -0.25) is 4.79 Å². The van der Waals surface area contributed by atoms with Gasteiger partial charge in [0, 0.05) is 30.0 Å². The predicted octanol–water partition coefficient (Wildman–Crippen LogP) is 1.66. The number of hydrogen-bond acceptors (Lipinski definition) is 5. The SMILES string of the molecule is Cc1nsc(NC2CC(=O)N(C(C)(C)C)C2)n1. The van der Waals surface area contributed by atoms with Crippen LogP contribution in [-0.4, -0.2) is 38.3 Å². The molecule has 0 aromatic carbocycles. The van der Waals surface area contributed by atoms with E-state index in [1.54, 1.807) is 0 Å². The molecule has 2 rings (SSSR count). The second-order valence-corrected chi connectivity index (χ2v) is 6.12. The number of aryl methyl sites for hydroxylation is 1. The largest absolute Gasteiger partial charge is 0.355 e. The zero-order valence-corrected chi connectivity index (χ0v) is 11.5. The van der Waals surface area contributed by atoms with Crippen molar-refractivity contribution in [3.05, 3.63) is 5.82 Å². The molecule has 1 aliphatic rings. The van der Waals surface area contributed by atoms with Crippen molar-refractivity contribution in [2.75, 3.05) is 11.9 Å². The summed E-state index contributed by atoms with van der Waals surface area (Å²) in [6, 6.07) is 0.147. The third kappa shape index (κ3) is 2.74. The molecule has 0 bridgehead atoms. The Bertz CT molecular complexity index is 423. The number of carbonyl (C=O) groups is 1. The number of likely N-dealkylation sites (tertiary alicyclic amines) is 1. The van der Waals surface area contributed by atoms with Crippen LogP contribution in [-0.2, 0) is 4.79 Å². The van der Waals surface area contributed by atoms with Gasteiger partial charge in [-0.15, -0.1) is 0 Å². The van der Waals surface area contributed by atoms with Crippen LogP contribution in [0.2, 0.25) is 0 Å². The Hall–Kier alpha value is -1.17. The minimum Gasteiger partial charge on any atom is -0.355 e. The number of carbonyl (C=O) groups excluding carboxylic acids is 1. The molecule has 17 heavy (non-hydrogen) atoms. The fourth-order valence-corrected chi connectivity index (χ4v) is 2.63. The monoisotopic (exact) mass is 254 g/mol. The van der Waals surface area contributed by atoms with Crippen LogP contribution >= 0.6 is 11.5 Å². The van der Waals surface area contributed by atoms with Crippen molar-refractivity contribution in [3.63, 3.8) is 0 Å². The lowest BCUT2D eigenvalue weighted by molar-refractivity contribution is -0.131. The van der Waals surface area contributed by atoms with Crippen molar-refractivity contribution >= 4 is 22.6 Å². The third-order valence-corrected chi connectivity index (χ3v) is 3.53. The minimum absolute atomic E-state index is 0.107. The topological polar surface area (TPSA) is 58.1 Å². The maximum Gasteiger partial charge on any atom is 0.225 e. The highest BCUT2D eigenvalue weighted by Crippen LogP contribution is 2.24. The quantitative estimate of drug-likeness (QED) is 0.872. The molecule has 6 heteroatoms. The lowest BCUT2D eigenvalue weighted by Crippen LogP contribution is -2.43. The molecular weight excluding hydrogens is 236 g/mol. The van der Waals surface area contributed by atoms with E-state index >= 15 is 0 Å². The average molecular weight is 254 g/mol. The number of amides is 1. The van der Waals surface area contributed by atoms with Gasteiger partial charge >= 0.3 is 0 Å². The molecule has 1 aromatic rings. The van der Waals surface area contributed by atoms with Crippen molar-refractivity contribution in [1.82, 2.24) is 14.3 Å². The predicted molar refractivity (Wildman–Crippen MR) is 68.1 cm³/mol. The minimum atomic E-state index is -0.107. The highest BCUT2D eigenvalue weighted by Gasteiger charge is 2.36. The number of rotatable bonds is 2. The van der Waals surface area contributed by atoms with E-state index in [1.165, 1.54) is 11.5 Å². The summed E-state index contributed by atoms with van der Waals surface area (Å²) in [4.78, 5) is 18.0. The van der Waals surface area contributed by atoms with Gasteiger partial charge in [-0.1, -0.05) is 0 Å². The molecule has 94 valence electrons. The normalized spacial score (nSPS) is 21.1. The second-order valence-electron chi connectivity index (χ2n) is 5.37. The summed E-state index contributed by atoms with van der Waals surface area (Å²) >= 11 is 1.34. The first-order valence-corrected chi connectivity index (χ1v) is 6.51. The van der Waals surface area contributed by atoms with Crippen molar-refractivity contribution in [1.29, 1.82) is 0 Å². The smallest absolute Gasteiger partial charge is 0.225 e. The van der Waals surface area contributed by atoms with Crippen LogP contribution in [0.25, 0.3) is 0 Å². The second kappa shape index (κ2) is 4.25. The average Bonchev–Trinajstić information content (AvgIpc) is 2.72. The lowest BCUT2D eigenvalue weighted by Gasteiger charge is -2.32. The van der Waals surface area contributed by atoms with Crippen LogP contribution in [0.1, 0.15) is 33.0 Å². The fraction of sp³-hybridized carbons (Fsp3) is 0.727. The summed E-state index contributed by atoms with van der Waals surface area (Å²) in [6.07, 6.45) is 0.538. The Morgan fingerprint density at radius 1 is 1.47 bits per heavy atom. The van der Waals surface area contributed by atoms with Crippen LogP contribution in [0.5, 0.6) is 0 Å². The Kier molecular flexibility index (Phi) is 3.07. The van der Waals surface area contributed by atoms with E-state index in [2.05, 4.69) is 35.4 Å². The zero-order chi connectivity index (χ0) is 12.6. The van der Waals surface area contributed by atoms with Gasteiger partial charge in [-0.2, -0.15) is 4.37 Å². The molecule has 0 radical (unpaired) electrons. The van der Waals surface area contributed by atoms with Crippen molar-refractivity contribution in [2.45, 2.75) is 45.7 Å². The maximum absolute atomic E-state index is 11.9. The molecule has 1 aliphatic heterocycles. The summed E-state index contributed by atoms with van der Waals surface area (Å²) in [6.45, 7) is 8.77. The number of nitrogens with zero attached hydrogens (tertiary/aromatic N) is 3. The number of nitrogens with one attached hydrogen (secondary N) is 1. The fourth-order valence-electron chi connectivity index (χ4n) is 1.98. The first-order chi connectivity index (χ1) is 7.86. The molecular formula is C11H18N4OS. The Balaban J connectivity index is 2.00. The van der Waals surface area contributed by atoms with E-state index < -0.39 is 0 Å². The highest BCUT2D eigenvalue weighted by atomic mass is 32.1. The molecule has 0 spiro atoms. The van der Waals surface area contributed by atoms with Crippen molar-refractivity contribution in [2.24, 2.45) is 0 Å². The van der Waals surface area contributed by atoms with Crippen molar-refractivity contribution in [3.8, 4) is 0 Å². The van der Waals surface area contributed by atoms with Gasteiger partial charge in [0.15, 0.2) is 0 Å². The van der Waals surface area contributed by atoms with Gasteiger partial charge in [0.1, 0.15) is 5.82 Å². The summed E-state index contributed by atoms with van der Waals surface area (Å²) in [5, 5.41) is 4.08. The Labute approximate surface area is 105 Å². The van der Waals surface area contributed by atoms with Crippen LogP contribution in [0.15, 0.2) is 0 Å². The van der Waals surface area contributed by atoms with E-state index in [0.717, 1.165) is 17.5 Å². The van der Waals surface area contributed by atoms with Crippen molar-refractivity contribution < 1.29 is 4.79 Å². The first kappa shape index (κ1) is 12.3. The lowest BCUT2D eigenvalue weighted by atomic mass is 10.1. The van der Waals surface area contributed by atoms with Gasteiger partial charge in [0.05, 0.1) is 6.04 Å². The van der Waals surface area contributed by atoms with Gasteiger partial charge < -0.3 is 10.2 Å². The van der Waals surface area contributed by atoms with Gasteiger partial charge in [-0.05, 0) is 27.7 Å². The van der Waals surface area contributed by atoms with Crippen LogP contribution in [0.3, 0.4) is 0 Å². The Morgan fingerprint density at radius 3 is 2.65 bits per heavy atom. The molecule has 1 N–H and O–H groups in total. The molecule has 1 atom stereocenters. The molecule has 0 saturated carbocycles. The zero-order valence-electron chi connectivity index (χ0n) is 10.6. The maximum atomic E-state index is 11.9. The number of anilines is 1. The highest BCUT2D eigenvalue weighted by molar-refractivity contribution is 7.09. The van der Waals surface area contributed by atoms with E-state index in [9.17, 15) is 4.79 Å². The summed E-state index contributed by atoms with van der Waals surface area (Å²) in [5.41, 5.74) is -0.107. The molecule has 1 saturated heterocycles. The number of hydrogen-bond donors (Lipinski definition) is 1. The standard InChI is InChI=1S/C11H18N4OS/c1-7-12-10(17-14-7)13-8-5-9(16)15(6-8)11(2,3)4/h8H,5-6H2,1-4H3,(H,12,13,14). The van der Waals surface area contributed by atoms with Crippen LogP contribution < -0.4 is 5.32 Å². The van der Waals surface area contributed by atoms with E-state index in [-0.39, 0.29) is 17.5 Å². The molecule has 2 heterocycles. The molecule has 1 amide bonds. The summed E-state index contributed by atoms with van der Waals surface area (Å²) in [5.74, 6) is 0.978. The van der Waals surface area contributed by atoms with E-state index in [0.29, 0.717) is 6.42 Å². The Morgan fingerprint density at radius 2 is 2.18 bits per heavy atom. The molecule has 0 aliphatic carbocycles. The van der Waals surface area contributed by atoms with E-state index in [4.69, 9.17) is 0 Å². The molecule has 1 unspecified atom stereocenters. The first-order valence-electron chi connectivity index (χ1n) is 5.73. The summed E-state index contributed by atoms with van der Waals surface area (Å²) in [7, 11) is 0. The van der Waals surface area contributed by atoms with Gasteiger partial charge in [0.2, 0.25) is 11.0 Å². The van der Waals surface area contributed by atoms with Gasteiger partial charge in [-0.25, -0.2) is 4.98 Å². The summed E-state index contributed by atoms with van der Waals surface area (Å²) < 4.78 is 4.12. The molecule has 5 nitrogen and oxygen atoms in total. The van der Waals surface area contributed by atoms with Crippen LogP contribution in [0, 0.1) is 6.92 Å². The van der Waals surface area contributed by atoms with Gasteiger partial charge in [0.25, 0.3) is 0 Å². The molecule has 1 fully saturated rings. The number of aromatic nitrogens is 2. The van der Waals surface area contributed by atoms with E-state index in [1.807, 2.05) is 11.8 Å². The molecule has 1 aromatic heterocycles. The third-order valence-electron chi connectivity index (χ3n) is 2.79. The van der Waals surface area contributed by atoms with Crippen LogP contribution in [0.4, 0.5) is 5.13 Å².